The normalized spacial score (nSPS) is 12.0. The maximum absolute atomic E-state index is 10.4. The van der Waals surface area contributed by atoms with Gasteiger partial charge in [0.05, 0.1) is 0 Å². The lowest BCUT2D eigenvalue weighted by molar-refractivity contribution is -0.137. The highest BCUT2D eigenvalue weighted by Crippen LogP contribution is 2.13. The Labute approximate surface area is 207 Å². The summed E-state index contributed by atoms with van der Waals surface area (Å²) in [5.74, 6) is -0.695. The number of carboxylic acid groups (broad SMARTS) is 1. The molecule has 0 aromatic rings. The van der Waals surface area contributed by atoms with Crippen molar-refractivity contribution in [3.63, 3.8) is 0 Å². The molecule has 0 aromatic heterocycles. The highest BCUT2D eigenvalue weighted by atomic mass is 16.4. The van der Waals surface area contributed by atoms with Crippen LogP contribution in [0, 0.1) is 0 Å². The summed E-state index contributed by atoms with van der Waals surface area (Å²) in [5, 5.41) is 8.58. The van der Waals surface area contributed by atoms with Crippen molar-refractivity contribution in [2.45, 2.75) is 155 Å². The van der Waals surface area contributed by atoms with E-state index in [4.69, 9.17) is 5.11 Å². The minimum Gasteiger partial charge on any atom is -0.481 e. The molecule has 0 radical (unpaired) electrons. The Kier molecular flexibility index (Phi) is 27.6. The minimum absolute atomic E-state index is 0.280. The van der Waals surface area contributed by atoms with Crippen LogP contribution in [-0.4, -0.2) is 11.1 Å². The van der Waals surface area contributed by atoms with Crippen LogP contribution in [0.2, 0.25) is 0 Å². The second-order valence-electron chi connectivity index (χ2n) is 9.59. The van der Waals surface area contributed by atoms with Crippen molar-refractivity contribution in [1.82, 2.24) is 0 Å². The number of carboxylic acids is 1. The van der Waals surface area contributed by atoms with Crippen LogP contribution in [0.25, 0.3) is 0 Å². The summed E-state index contributed by atoms with van der Waals surface area (Å²) in [6, 6.07) is 0. The molecular formula is C31H56O2. The van der Waals surface area contributed by atoms with E-state index in [9.17, 15) is 4.79 Å². The number of carbonyl (C=O) groups is 1. The highest BCUT2D eigenvalue weighted by Gasteiger charge is 1.94. The quantitative estimate of drug-likeness (QED) is 0.103. The fourth-order valence-electron chi connectivity index (χ4n) is 4.08. The molecule has 0 aliphatic heterocycles. The van der Waals surface area contributed by atoms with Gasteiger partial charge in [0.15, 0.2) is 0 Å². The zero-order chi connectivity index (χ0) is 24.1. The van der Waals surface area contributed by atoms with Gasteiger partial charge in [0.1, 0.15) is 0 Å². The van der Waals surface area contributed by atoms with E-state index in [1.807, 2.05) is 0 Å². The van der Waals surface area contributed by atoms with Crippen molar-refractivity contribution >= 4 is 5.97 Å². The zero-order valence-corrected chi connectivity index (χ0v) is 22.1. The largest absolute Gasteiger partial charge is 0.481 e. The summed E-state index contributed by atoms with van der Waals surface area (Å²) < 4.78 is 0. The van der Waals surface area contributed by atoms with Crippen molar-refractivity contribution in [3.05, 3.63) is 36.5 Å². The molecule has 0 fully saturated rings. The summed E-state index contributed by atoms with van der Waals surface area (Å²) in [6.45, 7) is 2.28. The Bertz CT molecular complexity index is 475. The number of unbranched alkanes of at least 4 members (excludes halogenated alkanes) is 18. The minimum atomic E-state index is -0.695. The van der Waals surface area contributed by atoms with Crippen LogP contribution in [-0.2, 0) is 4.79 Å². The summed E-state index contributed by atoms with van der Waals surface area (Å²) in [5.41, 5.74) is 0. The van der Waals surface area contributed by atoms with E-state index >= 15 is 0 Å². The third kappa shape index (κ3) is 30.7. The summed E-state index contributed by atoms with van der Waals surface area (Å²) >= 11 is 0. The predicted octanol–water partition coefficient (Wildman–Crippen LogP) is 10.7. The SMILES string of the molecule is CCCCCCC=CCCCCCCCCCCCCCC=CCCC=CCCCC(=O)O. The second-order valence-corrected chi connectivity index (χ2v) is 9.59. The standard InChI is InChI=1S/C31H56O2/c1-2-3-4-5-6-7-8-9-10-11-12-13-14-15-16-17-18-19-20-21-22-23-24-25-26-27-28-29-30-31(32)33/h7-8,22-23,26-27H,2-6,9-21,24-25,28-30H2,1H3,(H,32,33). The van der Waals surface area contributed by atoms with Crippen LogP contribution in [0.4, 0.5) is 0 Å². The van der Waals surface area contributed by atoms with Gasteiger partial charge in [0, 0.05) is 6.42 Å². The van der Waals surface area contributed by atoms with Crippen molar-refractivity contribution in [1.29, 1.82) is 0 Å². The number of rotatable bonds is 26. The Morgan fingerprint density at radius 3 is 1.12 bits per heavy atom. The third-order valence-electron chi connectivity index (χ3n) is 6.23. The molecule has 0 bridgehead atoms. The lowest BCUT2D eigenvalue weighted by Gasteiger charge is -2.02. The van der Waals surface area contributed by atoms with Gasteiger partial charge >= 0.3 is 5.97 Å². The summed E-state index contributed by atoms with van der Waals surface area (Å²) in [7, 11) is 0. The molecule has 2 heteroatoms. The lowest BCUT2D eigenvalue weighted by Crippen LogP contribution is -1.92. The first-order valence-electron chi connectivity index (χ1n) is 14.4. The Balaban J connectivity index is 3.16. The number of hydrogen-bond donors (Lipinski definition) is 1. The van der Waals surface area contributed by atoms with Gasteiger partial charge in [-0.1, -0.05) is 120 Å². The third-order valence-corrected chi connectivity index (χ3v) is 6.23. The van der Waals surface area contributed by atoms with Crippen LogP contribution in [0.1, 0.15) is 155 Å². The Morgan fingerprint density at radius 2 is 0.758 bits per heavy atom. The van der Waals surface area contributed by atoms with Crippen molar-refractivity contribution in [2.75, 3.05) is 0 Å². The highest BCUT2D eigenvalue weighted by molar-refractivity contribution is 5.66. The number of allylic oxidation sites excluding steroid dienone is 6. The maximum atomic E-state index is 10.4. The van der Waals surface area contributed by atoms with Crippen LogP contribution in [0.15, 0.2) is 36.5 Å². The maximum Gasteiger partial charge on any atom is 0.303 e. The van der Waals surface area contributed by atoms with Crippen LogP contribution in [0.5, 0.6) is 0 Å². The number of hydrogen-bond acceptors (Lipinski definition) is 1. The van der Waals surface area contributed by atoms with Crippen LogP contribution < -0.4 is 0 Å². The second kappa shape index (κ2) is 28.7. The first-order valence-corrected chi connectivity index (χ1v) is 14.4. The van der Waals surface area contributed by atoms with Crippen molar-refractivity contribution in [2.24, 2.45) is 0 Å². The molecule has 0 atom stereocenters. The molecule has 0 rings (SSSR count). The fourth-order valence-corrected chi connectivity index (χ4v) is 4.08. The van der Waals surface area contributed by atoms with E-state index in [0.29, 0.717) is 0 Å². The van der Waals surface area contributed by atoms with Gasteiger partial charge in [-0.25, -0.2) is 0 Å². The predicted molar refractivity (Wildman–Crippen MR) is 147 cm³/mol. The first kappa shape index (κ1) is 31.7. The van der Waals surface area contributed by atoms with Crippen molar-refractivity contribution in [3.8, 4) is 0 Å². The first-order chi connectivity index (χ1) is 16.3. The van der Waals surface area contributed by atoms with Crippen LogP contribution in [0.3, 0.4) is 0 Å². The molecule has 0 saturated heterocycles. The fraction of sp³-hybridized carbons (Fsp3) is 0.774. The molecule has 1 N–H and O–H groups in total. The molecule has 192 valence electrons. The van der Waals surface area contributed by atoms with E-state index in [1.54, 1.807) is 0 Å². The number of aliphatic carboxylic acids is 1. The van der Waals surface area contributed by atoms with Gasteiger partial charge in [-0.05, 0) is 64.2 Å². The van der Waals surface area contributed by atoms with Crippen molar-refractivity contribution < 1.29 is 9.90 Å². The Hall–Kier alpha value is -1.31. The molecule has 0 unspecified atom stereocenters. The van der Waals surface area contributed by atoms with E-state index in [2.05, 4.69) is 43.4 Å². The molecule has 0 spiro atoms. The summed E-state index contributed by atoms with van der Waals surface area (Å²) in [6.07, 6.45) is 42.6. The smallest absolute Gasteiger partial charge is 0.303 e. The van der Waals surface area contributed by atoms with E-state index in [0.717, 1.165) is 25.7 Å². The van der Waals surface area contributed by atoms with Gasteiger partial charge in [-0.3, -0.25) is 4.79 Å². The Morgan fingerprint density at radius 1 is 0.455 bits per heavy atom. The zero-order valence-electron chi connectivity index (χ0n) is 22.1. The average Bonchev–Trinajstić information content (AvgIpc) is 2.80. The molecule has 0 aliphatic carbocycles. The van der Waals surface area contributed by atoms with E-state index in [-0.39, 0.29) is 6.42 Å². The van der Waals surface area contributed by atoms with E-state index in [1.165, 1.54) is 116 Å². The molecule has 0 amide bonds. The van der Waals surface area contributed by atoms with Gasteiger partial charge in [-0.2, -0.15) is 0 Å². The van der Waals surface area contributed by atoms with E-state index < -0.39 is 5.97 Å². The molecular weight excluding hydrogens is 404 g/mol. The topological polar surface area (TPSA) is 37.3 Å². The molecule has 0 aromatic carbocycles. The van der Waals surface area contributed by atoms with Crippen LogP contribution >= 0.6 is 0 Å². The summed E-state index contributed by atoms with van der Waals surface area (Å²) in [4.78, 5) is 10.4. The van der Waals surface area contributed by atoms with Gasteiger partial charge in [0.2, 0.25) is 0 Å². The molecule has 33 heavy (non-hydrogen) atoms. The monoisotopic (exact) mass is 460 g/mol. The van der Waals surface area contributed by atoms with Gasteiger partial charge in [-0.15, -0.1) is 0 Å². The average molecular weight is 461 g/mol. The van der Waals surface area contributed by atoms with Gasteiger partial charge in [0.25, 0.3) is 0 Å². The van der Waals surface area contributed by atoms with Gasteiger partial charge < -0.3 is 5.11 Å². The molecule has 2 nitrogen and oxygen atoms in total. The molecule has 0 heterocycles. The molecule has 0 saturated carbocycles. The molecule has 0 aliphatic rings. The lowest BCUT2D eigenvalue weighted by atomic mass is 10.0.